The molecular weight excluding hydrogens is 405 g/mol. The molecule has 1 aromatic carbocycles. The summed E-state index contributed by atoms with van der Waals surface area (Å²) in [4.78, 5) is 4.25. The molecule has 0 radical (unpaired) electrons. The molecule has 0 bridgehead atoms. The zero-order valence-corrected chi connectivity index (χ0v) is 16.5. The number of para-hydroxylation sites is 1. The quantitative estimate of drug-likeness (QED) is 0.226. The lowest BCUT2D eigenvalue weighted by Crippen LogP contribution is -2.32. The molecular formula is C17H30IN3O2. The van der Waals surface area contributed by atoms with E-state index in [0.717, 1.165) is 13.0 Å². The fourth-order valence-corrected chi connectivity index (χ4v) is 2.21. The maximum atomic E-state index is 9.96. The minimum Gasteiger partial charge on any atom is -0.504 e. The van der Waals surface area contributed by atoms with Crippen LogP contribution in [0.4, 0.5) is 0 Å². The predicted molar refractivity (Wildman–Crippen MR) is 107 cm³/mol. The molecule has 0 amide bonds. The number of rotatable bonds is 10. The molecule has 5 nitrogen and oxygen atoms in total. The Morgan fingerprint density at radius 2 is 1.91 bits per heavy atom. The third-order valence-electron chi connectivity index (χ3n) is 3.56. The van der Waals surface area contributed by atoms with Crippen LogP contribution in [0.1, 0.15) is 51.0 Å². The molecule has 0 unspecified atom stereocenters. The summed E-state index contributed by atoms with van der Waals surface area (Å²) < 4.78 is 5.07. The highest BCUT2D eigenvalue weighted by Crippen LogP contribution is 2.29. The van der Waals surface area contributed by atoms with Gasteiger partial charge in [-0.05, 0) is 12.5 Å². The van der Waals surface area contributed by atoms with Crippen molar-refractivity contribution in [3.8, 4) is 11.5 Å². The highest BCUT2D eigenvalue weighted by Gasteiger charge is 2.06. The molecule has 6 heteroatoms. The Hall–Kier alpha value is -1.18. The van der Waals surface area contributed by atoms with Gasteiger partial charge in [0.1, 0.15) is 0 Å². The van der Waals surface area contributed by atoms with Crippen molar-refractivity contribution >= 4 is 29.9 Å². The Labute approximate surface area is 156 Å². The number of hydrogen-bond donors (Lipinski definition) is 3. The van der Waals surface area contributed by atoms with Crippen LogP contribution in [0.25, 0.3) is 0 Å². The number of aromatic hydroxyl groups is 1. The van der Waals surface area contributed by atoms with Gasteiger partial charge in [-0.3, -0.25) is 0 Å². The molecule has 0 atom stereocenters. The molecule has 0 spiro atoms. The fraction of sp³-hybridized carbons (Fsp3) is 0.588. The first-order chi connectivity index (χ1) is 10.7. The van der Waals surface area contributed by atoms with Crippen molar-refractivity contribution in [1.29, 1.82) is 0 Å². The van der Waals surface area contributed by atoms with Crippen LogP contribution in [0.3, 0.4) is 0 Å². The number of halogens is 1. The average Bonchev–Trinajstić information content (AvgIpc) is 2.53. The van der Waals surface area contributed by atoms with Gasteiger partial charge in [-0.25, -0.2) is 4.99 Å². The average molecular weight is 435 g/mol. The number of ether oxygens (including phenoxy) is 1. The molecule has 0 saturated heterocycles. The third-order valence-corrected chi connectivity index (χ3v) is 3.56. The number of benzene rings is 1. The van der Waals surface area contributed by atoms with Crippen molar-refractivity contribution in [1.82, 2.24) is 5.32 Å². The van der Waals surface area contributed by atoms with Gasteiger partial charge in [-0.1, -0.05) is 51.2 Å². The second-order valence-electron chi connectivity index (χ2n) is 5.36. The van der Waals surface area contributed by atoms with Crippen LogP contribution in [-0.4, -0.2) is 24.7 Å². The van der Waals surface area contributed by atoms with Gasteiger partial charge in [-0.2, -0.15) is 0 Å². The van der Waals surface area contributed by atoms with Gasteiger partial charge < -0.3 is 20.9 Å². The first-order valence-electron chi connectivity index (χ1n) is 8.07. The summed E-state index contributed by atoms with van der Waals surface area (Å²) in [5.41, 5.74) is 6.53. The lowest BCUT2D eigenvalue weighted by atomic mass is 10.1. The van der Waals surface area contributed by atoms with E-state index < -0.39 is 0 Å². The van der Waals surface area contributed by atoms with Gasteiger partial charge in [-0.15, -0.1) is 24.0 Å². The minimum absolute atomic E-state index is 0. The highest BCUT2D eigenvalue weighted by atomic mass is 127. The Morgan fingerprint density at radius 1 is 1.22 bits per heavy atom. The molecule has 4 N–H and O–H groups in total. The standard InChI is InChI=1S/C17H29N3O2.HI/c1-3-4-5-6-7-8-12-19-17(18)20-13-14-10-9-11-15(22-2)16(14)21;/h9-11,21H,3-8,12-13H2,1-2H3,(H3,18,19,20);1H. The van der Waals surface area contributed by atoms with Crippen LogP contribution in [-0.2, 0) is 6.54 Å². The molecule has 0 saturated carbocycles. The van der Waals surface area contributed by atoms with Crippen LogP contribution in [0.5, 0.6) is 11.5 Å². The molecule has 0 aliphatic carbocycles. The lowest BCUT2D eigenvalue weighted by Gasteiger charge is -2.08. The summed E-state index contributed by atoms with van der Waals surface area (Å²) in [5.74, 6) is 0.986. The SMILES string of the molecule is CCCCCCCCNC(N)=NCc1cccc(OC)c1O.I. The Bertz CT molecular complexity index is 467. The molecule has 0 fully saturated rings. The number of unbranched alkanes of at least 4 members (excludes halogenated alkanes) is 5. The Morgan fingerprint density at radius 3 is 2.61 bits per heavy atom. The predicted octanol–water partition coefficient (Wildman–Crippen LogP) is 3.78. The topological polar surface area (TPSA) is 79.9 Å². The van der Waals surface area contributed by atoms with Crippen LogP contribution < -0.4 is 15.8 Å². The summed E-state index contributed by atoms with van der Waals surface area (Å²) in [6.07, 6.45) is 7.51. The van der Waals surface area contributed by atoms with E-state index in [2.05, 4.69) is 17.2 Å². The van der Waals surface area contributed by atoms with Crippen molar-refractivity contribution in [3.63, 3.8) is 0 Å². The molecule has 23 heavy (non-hydrogen) atoms. The monoisotopic (exact) mass is 435 g/mol. The Kier molecular flexibility index (Phi) is 12.6. The summed E-state index contributed by atoms with van der Waals surface area (Å²) >= 11 is 0. The second-order valence-corrected chi connectivity index (χ2v) is 5.36. The third kappa shape index (κ3) is 8.88. The molecule has 0 aliphatic heterocycles. The number of nitrogens with two attached hydrogens (primary N) is 1. The highest BCUT2D eigenvalue weighted by molar-refractivity contribution is 14.0. The number of phenolic OH excluding ortho intramolecular Hbond substituents is 1. The molecule has 1 aromatic rings. The zero-order chi connectivity index (χ0) is 16.2. The molecule has 0 aliphatic rings. The number of guanidine groups is 1. The summed E-state index contributed by atoms with van der Waals surface area (Å²) in [7, 11) is 1.53. The van der Waals surface area contributed by atoms with E-state index in [9.17, 15) is 5.11 Å². The van der Waals surface area contributed by atoms with Crippen molar-refractivity contribution in [2.45, 2.75) is 52.0 Å². The largest absolute Gasteiger partial charge is 0.504 e. The van der Waals surface area contributed by atoms with Gasteiger partial charge >= 0.3 is 0 Å². The summed E-state index contributed by atoms with van der Waals surface area (Å²) in [6.45, 7) is 3.39. The molecule has 0 aromatic heterocycles. The van der Waals surface area contributed by atoms with Crippen molar-refractivity contribution in [3.05, 3.63) is 23.8 Å². The van der Waals surface area contributed by atoms with E-state index in [1.54, 1.807) is 6.07 Å². The first-order valence-corrected chi connectivity index (χ1v) is 8.07. The maximum absolute atomic E-state index is 9.96. The number of hydrogen-bond acceptors (Lipinski definition) is 3. The van der Waals surface area contributed by atoms with Crippen LogP contribution >= 0.6 is 24.0 Å². The molecule has 132 valence electrons. The molecule has 1 rings (SSSR count). The number of nitrogens with zero attached hydrogens (tertiary/aromatic N) is 1. The van der Waals surface area contributed by atoms with Gasteiger partial charge in [0.25, 0.3) is 0 Å². The summed E-state index contributed by atoms with van der Waals surface area (Å²) in [6, 6.07) is 5.34. The van der Waals surface area contributed by atoms with Crippen LogP contribution in [0.15, 0.2) is 23.2 Å². The van der Waals surface area contributed by atoms with Gasteiger partial charge in [0.15, 0.2) is 17.5 Å². The molecule has 0 heterocycles. The van der Waals surface area contributed by atoms with Crippen LogP contribution in [0.2, 0.25) is 0 Å². The van der Waals surface area contributed by atoms with Gasteiger partial charge in [0.05, 0.1) is 13.7 Å². The maximum Gasteiger partial charge on any atom is 0.188 e. The van der Waals surface area contributed by atoms with Crippen molar-refractivity contribution in [2.75, 3.05) is 13.7 Å². The number of methoxy groups -OCH3 is 1. The lowest BCUT2D eigenvalue weighted by molar-refractivity contribution is 0.370. The van der Waals surface area contributed by atoms with Crippen LogP contribution in [0, 0.1) is 0 Å². The van der Waals surface area contributed by atoms with E-state index in [1.807, 2.05) is 12.1 Å². The van der Waals surface area contributed by atoms with E-state index >= 15 is 0 Å². The first kappa shape index (κ1) is 21.8. The van der Waals surface area contributed by atoms with Gasteiger partial charge in [0, 0.05) is 12.1 Å². The zero-order valence-electron chi connectivity index (χ0n) is 14.2. The summed E-state index contributed by atoms with van der Waals surface area (Å²) in [5, 5.41) is 13.1. The minimum atomic E-state index is 0. The Balaban J connectivity index is 0.00000484. The van der Waals surface area contributed by atoms with E-state index in [0.29, 0.717) is 23.8 Å². The second kappa shape index (κ2) is 13.3. The van der Waals surface area contributed by atoms with E-state index in [1.165, 1.54) is 39.2 Å². The fourth-order valence-electron chi connectivity index (χ4n) is 2.21. The number of nitrogens with one attached hydrogen (secondary N) is 1. The van der Waals surface area contributed by atoms with Crippen molar-refractivity contribution < 1.29 is 9.84 Å². The normalized spacial score (nSPS) is 11.0. The van der Waals surface area contributed by atoms with Crippen molar-refractivity contribution in [2.24, 2.45) is 10.7 Å². The smallest absolute Gasteiger partial charge is 0.188 e. The van der Waals surface area contributed by atoms with Gasteiger partial charge in [0.2, 0.25) is 0 Å². The number of phenols is 1. The number of aliphatic imine (C=N–C) groups is 1. The van der Waals surface area contributed by atoms with E-state index in [-0.39, 0.29) is 29.7 Å². The van der Waals surface area contributed by atoms with E-state index in [4.69, 9.17) is 10.5 Å².